The molecule has 0 spiro atoms. The molecule has 2 aromatic heterocycles. The van der Waals surface area contributed by atoms with E-state index in [1.165, 1.54) is 17.2 Å². The summed E-state index contributed by atoms with van der Waals surface area (Å²) < 4.78 is 7.33. The van der Waals surface area contributed by atoms with E-state index < -0.39 is 24.5 Å². The van der Waals surface area contributed by atoms with E-state index >= 15 is 0 Å². The van der Waals surface area contributed by atoms with Gasteiger partial charge in [0.15, 0.2) is 17.7 Å². The number of nitrogens with zero attached hydrogens (tertiary/aromatic N) is 4. The number of aliphatic hydroxyl groups is 2. The van der Waals surface area contributed by atoms with Crippen LogP contribution in [0.25, 0.3) is 11.2 Å². The lowest BCUT2D eigenvalue weighted by Crippen LogP contribution is -2.31. The molecule has 0 unspecified atom stereocenters. The molecule has 1 amide bonds. The Morgan fingerprint density at radius 2 is 2.00 bits per heavy atom. The Bertz CT molecular complexity index is 1100. The minimum Gasteiger partial charge on any atom is -0.387 e. The molecule has 0 saturated carbocycles. The molecule has 1 saturated heterocycles. The predicted molar refractivity (Wildman–Crippen MR) is 113 cm³/mol. The van der Waals surface area contributed by atoms with Crippen LogP contribution in [0.2, 0.25) is 0 Å². The maximum atomic E-state index is 12.1. The largest absolute Gasteiger partial charge is 0.387 e. The standard InChI is InChI=1S/C21H24N6O4/c1-12-4-6-13(7-5-12)9-15(28)23-8-2-3-14-17(29)18(30)21(31-14)27-11-26-16-19(22)24-10-25-20(16)27/h2-7,10-11,14,17-18,21,29-30H,8-9H2,1H3,(H,23,28)(H2,22,24,25)/b3-2+/t14-,17-,18-,21-/m1/s1. The van der Waals surface area contributed by atoms with Gasteiger partial charge in [-0.1, -0.05) is 42.0 Å². The van der Waals surface area contributed by atoms with Crippen molar-refractivity contribution in [2.45, 2.75) is 37.9 Å². The average Bonchev–Trinajstić information content (AvgIpc) is 3.30. The second-order valence-corrected chi connectivity index (χ2v) is 7.45. The van der Waals surface area contributed by atoms with E-state index in [-0.39, 0.29) is 24.7 Å². The van der Waals surface area contributed by atoms with Gasteiger partial charge in [-0.05, 0) is 12.5 Å². The number of nitrogens with two attached hydrogens (primary N) is 1. The number of ether oxygens (including phenoxy) is 1. The lowest BCUT2D eigenvalue weighted by atomic mass is 10.1. The summed E-state index contributed by atoms with van der Waals surface area (Å²) in [5.41, 5.74) is 8.66. The topological polar surface area (TPSA) is 148 Å². The number of carbonyl (C=O) groups excluding carboxylic acids is 1. The van der Waals surface area contributed by atoms with Crippen molar-refractivity contribution in [1.82, 2.24) is 24.8 Å². The summed E-state index contributed by atoms with van der Waals surface area (Å²) in [6.07, 6.45) is 2.32. The van der Waals surface area contributed by atoms with Crippen LogP contribution in [0.4, 0.5) is 5.82 Å². The van der Waals surface area contributed by atoms with Crippen molar-refractivity contribution in [3.05, 3.63) is 60.2 Å². The van der Waals surface area contributed by atoms with Crippen molar-refractivity contribution in [3.8, 4) is 0 Å². The lowest BCUT2D eigenvalue weighted by molar-refractivity contribution is -0.120. The fraction of sp³-hybridized carbons (Fsp3) is 0.333. The van der Waals surface area contributed by atoms with E-state index in [1.54, 1.807) is 12.2 Å². The Morgan fingerprint density at radius 1 is 1.23 bits per heavy atom. The number of aryl methyl sites for hydroxylation is 1. The van der Waals surface area contributed by atoms with Gasteiger partial charge in [0.2, 0.25) is 5.91 Å². The third-order valence-corrected chi connectivity index (χ3v) is 5.16. The highest BCUT2D eigenvalue weighted by molar-refractivity contribution is 5.81. The third kappa shape index (κ3) is 4.41. The number of rotatable bonds is 6. The van der Waals surface area contributed by atoms with E-state index in [9.17, 15) is 15.0 Å². The molecule has 5 N–H and O–H groups in total. The van der Waals surface area contributed by atoms with Gasteiger partial charge < -0.3 is 26.0 Å². The molecule has 31 heavy (non-hydrogen) atoms. The van der Waals surface area contributed by atoms with Crippen LogP contribution in [0.3, 0.4) is 0 Å². The van der Waals surface area contributed by atoms with Gasteiger partial charge in [0, 0.05) is 6.54 Å². The zero-order valence-corrected chi connectivity index (χ0v) is 16.9. The first-order valence-corrected chi connectivity index (χ1v) is 9.87. The summed E-state index contributed by atoms with van der Waals surface area (Å²) in [7, 11) is 0. The zero-order chi connectivity index (χ0) is 22.0. The second kappa shape index (κ2) is 8.80. The number of hydrogen-bond donors (Lipinski definition) is 4. The summed E-state index contributed by atoms with van der Waals surface area (Å²) in [6, 6.07) is 7.78. The number of nitrogens with one attached hydrogen (secondary N) is 1. The highest BCUT2D eigenvalue weighted by atomic mass is 16.6. The quantitative estimate of drug-likeness (QED) is 0.412. The van der Waals surface area contributed by atoms with Crippen LogP contribution < -0.4 is 11.1 Å². The summed E-state index contributed by atoms with van der Waals surface area (Å²) in [6.45, 7) is 2.27. The van der Waals surface area contributed by atoms with E-state index in [2.05, 4.69) is 20.3 Å². The number of fused-ring (bicyclic) bond motifs is 1. The number of aliphatic hydroxyl groups excluding tert-OH is 2. The monoisotopic (exact) mass is 424 g/mol. The van der Waals surface area contributed by atoms with Gasteiger partial charge in [0.05, 0.1) is 12.7 Å². The molecule has 0 radical (unpaired) electrons. The summed E-state index contributed by atoms with van der Waals surface area (Å²) in [5.74, 6) is 0.107. The molecule has 162 valence electrons. The summed E-state index contributed by atoms with van der Waals surface area (Å²) in [4.78, 5) is 24.2. The third-order valence-electron chi connectivity index (χ3n) is 5.16. The van der Waals surface area contributed by atoms with Crippen LogP contribution in [-0.4, -0.2) is 60.5 Å². The van der Waals surface area contributed by atoms with Gasteiger partial charge in [-0.2, -0.15) is 0 Å². The maximum absolute atomic E-state index is 12.1. The number of aromatic nitrogens is 4. The number of anilines is 1. The first-order valence-electron chi connectivity index (χ1n) is 9.87. The smallest absolute Gasteiger partial charge is 0.224 e. The molecule has 3 heterocycles. The zero-order valence-electron chi connectivity index (χ0n) is 16.9. The SMILES string of the molecule is Cc1ccc(CC(=O)NC/C=C/[C@H]2O[C@@H](n3cnc4c(N)ncnc43)[C@H](O)[C@@H]2O)cc1. The van der Waals surface area contributed by atoms with Crippen LogP contribution in [0.1, 0.15) is 17.4 Å². The van der Waals surface area contributed by atoms with E-state index in [0.717, 1.165) is 11.1 Å². The first kappa shape index (κ1) is 20.9. The molecule has 3 aromatic rings. The Labute approximate surface area is 178 Å². The number of imidazole rings is 1. The van der Waals surface area contributed by atoms with Crippen molar-refractivity contribution in [1.29, 1.82) is 0 Å². The molecule has 1 fully saturated rings. The molecule has 10 nitrogen and oxygen atoms in total. The van der Waals surface area contributed by atoms with Crippen LogP contribution in [0.5, 0.6) is 0 Å². The Kier molecular flexibility index (Phi) is 5.94. The molecular weight excluding hydrogens is 400 g/mol. The van der Waals surface area contributed by atoms with Crippen molar-refractivity contribution in [2.75, 3.05) is 12.3 Å². The molecule has 0 bridgehead atoms. The molecule has 1 aromatic carbocycles. The van der Waals surface area contributed by atoms with E-state index in [4.69, 9.17) is 10.5 Å². The molecule has 1 aliphatic heterocycles. The Morgan fingerprint density at radius 3 is 2.77 bits per heavy atom. The first-order chi connectivity index (χ1) is 14.9. The van der Waals surface area contributed by atoms with Crippen molar-refractivity contribution >= 4 is 22.9 Å². The predicted octanol–water partition coefficient (Wildman–Crippen LogP) is 0.251. The normalized spacial score (nSPS) is 23.6. The van der Waals surface area contributed by atoms with Gasteiger partial charge in [-0.15, -0.1) is 0 Å². The van der Waals surface area contributed by atoms with E-state index in [1.807, 2.05) is 31.2 Å². The molecule has 4 rings (SSSR count). The van der Waals surface area contributed by atoms with Crippen LogP contribution in [0, 0.1) is 6.92 Å². The number of carbonyl (C=O) groups is 1. The molecule has 4 atom stereocenters. The van der Waals surface area contributed by atoms with Crippen LogP contribution in [0.15, 0.2) is 49.1 Å². The minimum absolute atomic E-state index is 0.110. The van der Waals surface area contributed by atoms with Crippen LogP contribution >= 0.6 is 0 Å². The van der Waals surface area contributed by atoms with Crippen molar-refractivity contribution < 1.29 is 19.7 Å². The highest BCUT2D eigenvalue weighted by Crippen LogP contribution is 2.32. The second-order valence-electron chi connectivity index (χ2n) is 7.45. The average molecular weight is 424 g/mol. The van der Waals surface area contributed by atoms with Gasteiger partial charge >= 0.3 is 0 Å². The fourth-order valence-electron chi connectivity index (χ4n) is 3.46. The molecule has 0 aliphatic carbocycles. The Hall–Kier alpha value is -3.34. The Balaban J connectivity index is 1.34. The van der Waals surface area contributed by atoms with Crippen LogP contribution in [-0.2, 0) is 16.0 Å². The van der Waals surface area contributed by atoms with Gasteiger partial charge in [-0.3, -0.25) is 9.36 Å². The number of benzene rings is 1. The number of nitrogen functional groups attached to an aromatic ring is 1. The van der Waals surface area contributed by atoms with Gasteiger partial charge in [-0.25, -0.2) is 15.0 Å². The minimum atomic E-state index is -1.20. The van der Waals surface area contributed by atoms with Crippen molar-refractivity contribution in [2.24, 2.45) is 0 Å². The molecule has 1 aliphatic rings. The van der Waals surface area contributed by atoms with E-state index in [0.29, 0.717) is 11.2 Å². The van der Waals surface area contributed by atoms with Gasteiger partial charge in [0.25, 0.3) is 0 Å². The lowest BCUT2D eigenvalue weighted by Gasteiger charge is -2.16. The summed E-state index contributed by atoms with van der Waals surface area (Å²) in [5, 5.41) is 23.6. The number of hydrogen-bond acceptors (Lipinski definition) is 8. The van der Waals surface area contributed by atoms with Gasteiger partial charge in [0.1, 0.15) is 30.2 Å². The molecular formula is C21H24N6O4. The summed E-state index contributed by atoms with van der Waals surface area (Å²) >= 11 is 0. The maximum Gasteiger partial charge on any atom is 0.224 e. The number of amides is 1. The highest BCUT2D eigenvalue weighted by Gasteiger charge is 2.43. The fourth-order valence-corrected chi connectivity index (χ4v) is 3.46. The molecule has 10 heteroatoms. The van der Waals surface area contributed by atoms with Crippen molar-refractivity contribution in [3.63, 3.8) is 0 Å².